The van der Waals surface area contributed by atoms with Crippen molar-refractivity contribution in [3.63, 3.8) is 0 Å². The molecule has 17 heavy (non-hydrogen) atoms. The Hall–Kier alpha value is -1.38. The first-order valence-corrected chi connectivity index (χ1v) is 6.10. The first-order valence-electron chi connectivity index (χ1n) is 6.10. The van der Waals surface area contributed by atoms with Crippen molar-refractivity contribution in [2.24, 2.45) is 0 Å². The van der Waals surface area contributed by atoms with Crippen LogP contribution in [-0.2, 0) is 9.59 Å². The Kier molecular flexibility index (Phi) is 8.03. The van der Waals surface area contributed by atoms with E-state index in [0.717, 1.165) is 24.0 Å². The lowest BCUT2D eigenvalue weighted by atomic mass is 10.1. The highest BCUT2D eigenvalue weighted by molar-refractivity contribution is 5.94. The SMILES string of the molecule is C/C=C(/C)C(=O)CCCCNC(=O)/C(C)=C\C. The van der Waals surface area contributed by atoms with Crippen molar-refractivity contribution in [1.82, 2.24) is 5.32 Å². The van der Waals surface area contributed by atoms with Gasteiger partial charge in [0.25, 0.3) is 0 Å². The molecule has 0 spiro atoms. The van der Waals surface area contributed by atoms with Crippen LogP contribution in [0.1, 0.15) is 47.0 Å². The fraction of sp³-hybridized carbons (Fsp3) is 0.571. The van der Waals surface area contributed by atoms with Crippen LogP contribution in [0.3, 0.4) is 0 Å². The lowest BCUT2D eigenvalue weighted by Gasteiger charge is -2.05. The van der Waals surface area contributed by atoms with Gasteiger partial charge in [0, 0.05) is 18.5 Å². The predicted octanol–water partition coefficient (Wildman–Crippen LogP) is 2.77. The number of ketones is 1. The first kappa shape index (κ1) is 15.6. The van der Waals surface area contributed by atoms with E-state index in [1.807, 2.05) is 26.8 Å². The van der Waals surface area contributed by atoms with Crippen LogP contribution in [0.25, 0.3) is 0 Å². The van der Waals surface area contributed by atoms with Crippen LogP contribution in [0.15, 0.2) is 23.3 Å². The summed E-state index contributed by atoms with van der Waals surface area (Å²) in [7, 11) is 0. The van der Waals surface area contributed by atoms with Gasteiger partial charge >= 0.3 is 0 Å². The highest BCUT2D eigenvalue weighted by Gasteiger charge is 2.04. The molecule has 0 rings (SSSR count). The Morgan fingerprint density at radius 2 is 1.59 bits per heavy atom. The molecule has 0 aromatic carbocycles. The van der Waals surface area contributed by atoms with E-state index in [0.29, 0.717) is 13.0 Å². The highest BCUT2D eigenvalue weighted by atomic mass is 16.1. The third-order valence-corrected chi connectivity index (χ3v) is 2.78. The van der Waals surface area contributed by atoms with Crippen LogP contribution < -0.4 is 5.32 Å². The van der Waals surface area contributed by atoms with Gasteiger partial charge in [0.05, 0.1) is 0 Å². The molecule has 0 saturated heterocycles. The maximum atomic E-state index is 11.5. The van der Waals surface area contributed by atoms with Gasteiger partial charge in [0.1, 0.15) is 0 Å². The second-order valence-corrected chi connectivity index (χ2v) is 4.08. The molecule has 0 fully saturated rings. The monoisotopic (exact) mass is 237 g/mol. The van der Waals surface area contributed by atoms with Gasteiger partial charge in [-0.1, -0.05) is 12.2 Å². The van der Waals surface area contributed by atoms with E-state index in [-0.39, 0.29) is 11.7 Å². The zero-order valence-electron chi connectivity index (χ0n) is 11.3. The van der Waals surface area contributed by atoms with Gasteiger partial charge in [0.2, 0.25) is 5.91 Å². The number of unbranched alkanes of at least 4 members (excludes halogenated alkanes) is 1. The molecule has 0 bridgehead atoms. The van der Waals surface area contributed by atoms with E-state index >= 15 is 0 Å². The molecule has 0 aromatic heterocycles. The Labute approximate surface area is 104 Å². The normalized spacial score (nSPS) is 12.5. The van der Waals surface area contributed by atoms with Gasteiger partial charge in [0.15, 0.2) is 5.78 Å². The minimum atomic E-state index is -0.0246. The summed E-state index contributed by atoms with van der Waals surface area (Å²) in [5.74, 6) is 0.173. The van der Waals surface area contributed by atoms with E-state index < -0.39 is 0 Å². The van der Waals surface area contributed by atoms with Crippen LogP contribution in [0.2, 0.25) is 0 Å². The average molecular weight is 237 g/mol. The number of Topliss-reactive ketones (excluding diaryl/α,β-unsaturated/α-hetero) is 1. The van der Waals surface area contributed by atoms with Crippen molar-refractivity contribution in [3.8, 4) is 0 Å². The molecular formula is C14H23NO2. The molecule has 1 amide bonds. The molecule has 0 aliphatic carbocycles. The minimum Gasteiger partial charge on any atom is -0.352 e. The Bertz CT molecular complexity index is 295. The molecule has 0 heterocycles. The Morgan fingerprint density at radius 3 is 2.12 bits per heavy atom. The molecule has 3 nitrogen and oxygen atoms in total. The zero-order valence-corrected chi connectivity index (χ0v) is 11.3. The molecule has 1 N–H and O–H groups in total. The smallest absolute Gasteiger partial charge is 0.246 e. The van der Waals surface area contributed by atoms with Crippen molar-refractivity contribution in [1.29, 1.82) is 0 Å². The molecule has 0 unspecified atom stereocenters. The van der Waals surface area contributed by atoms with E-state index in [9.17, 15) is 9.59 Å². The lowest BCUT2D eigenvalue weighted by molar-refractivity contribution is -0.117. The van der Waals surface area contributed by atoms with Crippen LogP contribution >= 0.6 is 0 Å². The van der Waals surface area contributed by atoms with E-state index in [1.165, 1.54) is 0 Å². The van der Waals surface area contributed by atoms with Crippen LogP contribution in [0, 0.1) is 0 Å². The minimum absolute atomic E-state index is 0.0246. The van der Waals surface area contributed by atoms with Crippen LogP contribution in [-0.4, -0.2) is 18.2 Å². The zero-order chi connectivity index (χ0) is 13.3. The molecule has 0 radical (unpaired) electrons. The largest absolute Gasteiger partial charge is 0.352 e. The maximum absolute atomic E-state index is 11.5. The molecule has 0 aliphatic rings. The number of rotatable bonds is 7. The van der Waals surface area contributed by atoms with Crippen molar-refractivity contribution in [3.05, 3.63) is 23.3 Å². The molecule has 0 aliphatic heterocycles. The number of carbonyl (C=O) groups excluding carboxylic acids is 2. The summed E-state index contributed by atoms with van der Waals surface area (Å²) in [6, 6.07) is 0. The highest BCUT2D eigenvalue weighted by Crippen LogP contribution is 2.03. The van der Waals surface area contributed by atoms with E-state index in [1.54, 1.807) is 13.0 Å². The first-order chi connectivity index (χ1) is 8.02. The van der Waals surface area contributed by atoms with Gasteiger partial charge < -0.3 is 5.32 Å². The van der Waals surface area contributed by atoms with Gasteiger partial charge in [-0.15, -0.1) is 0 Å². The summed E-state index contributed by atoms with van der Waals surface area (Å²) >= 11 is 0. The van der Waals surface area contributed by atoms with Gasteiger partial charge in [-0.3, -0.25) is 9.59 Å². The topological polar surface area (TPSA) is 46.2 Å². The quantitative estimate of drug-likeness (QED) is 0.546. The number of amides is 1. The Balaban J connectivity index is 3.67. The molecule has 96 valence electrons. The molecular weight excluding hydrogens is 214 g/mol. The summed E-state index contributed by atoms with van der Waals surface area (Å²) < 4.78 is 0. The van der Waals surface area contributed by atoms with Crippen molar-refractivity contribution < 1.29 is 9.59 Å². The third-order valence-electron chi connectivity index (χ3n) is 2.78. The van der Waals surface area contributed by atoms with Gasteiger partial charge in [-0.2, -0.15) is 0 Å². The van der Waals surface area contributed by atoms with Crippen LogP contribution in [0.5, 0.6) is 0 Å². The van der Waals surface area contributed by atoms with E-state index in [2.05, 4.69) is 5.32 Å². The number of nitrogens with one attached hydrogen (secondary N) is 1. The maximum Gasteiger partial charge on any atom is 0.246 e. The van der Waals surface area contributed by atoms with Crippen LogP contribution in [0.4, 0.5) is 0 Å². The van der Waals surface area contributed by atoms with Crippen molar-refractivity contribution in [2.45, 2.75) is 47.0 Å². The standard InChI is InChI=1S/C14H23NO2/c1-5-11(3)13(16)9-7-8-10-15-14(17)12(4)6-2/h5-6H,7-10H2,1-4H3,(H,15,17)/b11-5-,12-6-. The number of carbonyl (C=O) groups is 2. The fourth-order valence-electron chi connectivity index (χ4n) is 1.24. The molecule has 0 aromatic rings. The van der Waals surface area contributed by atoms with Gasteiger partial charge in [-0.25, -0.2) is 0 Å². The average Bonchev–Trinajstić information content (AvgIpc) is 2.35. The Morgan fingerprint density at radius 1 is 1.00 bits per heavy atom. The summed E-state index contributed by atoms with van der Waals surface area (Å²) in [6.07, 6.45) is 5.84. The number of allylic oxidation sites excluding steroid dienone is 3. The summed E-state index contributed by atoms with van der Waals surface area (Å²) in [5.41, 5.74) is 1.55. The van der Waals surface area contributed by atoms with Gasteiger partial charge in [-0.05, 0) is 46.1 Å². The molecule has 0 atom stereocenters. The second-order valence-electron chi connectivity index (χ2n) is 4.08. The summed E-state index contributed by atoms with van der Waals surface area (Å²) in [4.78, 5) is 22.8. The van der Waals surface area contributed by atoms with Crippen molar-refractivity contribution in [2.75, 3.05) is 6.54 Å². The number of hydrogen-bond acceptors (Lipinski definition) is 2. The van der Waals surface area contributed by atoms with E-state index in [4.69, 9.17) is 0 Å². The predicted molar refractivity (Wildman–Crippen MR) is 70.7 cm³/mol. The van der Waals surface area contributed by atoms with Crippen molar-refractivity contribution >= 4 is 11.7 Å². The summed E-state index contributed by atoms with van der Waals surface area (Å²) in [6.45, 7) is 7.96. The molecule has 0 saturated carbocycles. The summed E-state index contributed by atoms with van der Waals surface area (Å²) in [5, 5.41) is 2.82. The third kappa shape index (κ3) is 6.72. The number of hydrogen-bond donors (Lipinski definition) is 1. The lowest BCUT2D eigenvalue weighted by Crippen LogP contribution is -2.25. The second kappa shape index (κ2) is 8.74. The molecule has 3 heteroatoms. The fourth-order valence-corrected chi connectivity index (χ4v) is 1.24.